The van der Waals surface area contributed by atoms with E-state index in [0.717, 1.165) is 22.5 Å². The molecule has 1 aromatic heterocycles. The van der Waals surface area contributed by atoms with E-state index in [-0.39, 0.29) is 0 Å². The van der Waals surface area contributed by atoms with Gasteiger partial charge in [0.05, 0.1) is 11.4 Å². The maximum atomic E-state index is 4.59. The van der Waals surface area contributed by atoms with Crippen LogP contribution in [0.4, 0.5) is 5.69 Å². The van der Waals surface area contributed by atoms with E-state index >= 15 is 0 Å². The Hall–Kier alpha value is -2.74. The van der Waals surface area contributed by atoms with Crippen LogP contribution in [-0.2, 0) is 0 Å². The largest absolute Gasteiger partial charge is 0.256 e. The Morgan fingerprint density at radius 1 is 0.750 bits per heavy atom. The molecule has 0 fully saturated rings. The molecule has 96 valence electrons. The van der Waals surface area contributed by atoms with Crippen molar-refractivity contribution in [3.05, 3.63) is 84.6 Å². The van der Waals surface area contributed by atoms with Crippen molar-refractivity contribution in [1.29, 1.82) is 0 Å². The van der Waals surface area contributed by atoms with E-state index < -0.39 is 0 Å². The highest BCUT2D eigenvalue weighted by molar-refractivity contribution is 5.85. The van der Waals surface area contributed by atoms with Crippen molar-refractivity contribution in [3.63, 3.8) is 0 Å². The average Bonchev–Trinajstić information content (AvgIpc) is 2.55. The number of hydrogen-bond donors (Lipinski definition) is 0. The lowest BCUT2D eigenvalue weighted by Crippen LogP contribution is -1.84. The number of pyridine rings is 1. The number of rotatable bonds is 3. The number of nitrogens with zero attached hydrogens (tertiary/aromatic N) is 2. The molecule has 0 unspecified atom stereocenters. The van der Waals surface area contributed by atoms with Gasteiger partial charge in [-0.3, -0.25) is 9.98 Å². The molecule has 0 aliphatic rings. The molecule has 0 saturated carbocycles. The first-order valence-electron chi connectivity index (χ1n) is 6.53. The molecule has 3 rings (SSSR count). The van der Waals surface area contributed by atoms with Crippen molar-refractivity contribution in [3.8, 4) is 11.3 Å². The summed E-state index contributed by atoms with van der Waals surface area (Å²) in [6.07, 6.45) is 3.68. The summed E-state index contributed by atoms with van der Waals surface area (Å²) in [4.78, 5) is 8.98. The molecule has 20 heavy (non-hydrogen) atoms. The molecular formula is C18H14N2. The Bertz CT molecular complexity index is 704. The molecule has 0 bridgehead atoms. The van der Waals surface area contributed by atoms with Crippen molar-refractivity contribution in [2.45, 2.75) is 0 Å². The number of para-hydroxylation sites is 1. The first-order chi connectivity index (χ1) is 9.93. The van der Waals surface area contributed by atoms with Crippen LogP contribution < -0.4 is 0 Å². The molecular weight excluding hydrogens is 244 g/mol. The molecule has 0 N–H and O–H groups in total. The van der Waals surface area contributed by atoms with Crippen LogP contribution >= 0.6 is 0 Å². The summed E-state index contributed by atoms with van der Waals surface area (Å²) < 4.78 is 0. The van der Waals surface area contributed by atoms with Crippen LogP contribution in [0.15, 0.2) is 84.0 Å². The molecule has 2 heteroatoms. The van der Waals surface area contributed by atoms with Crippen LogP contribution in [-0.4, -0.2) is 11.2 Å². The van der Waals surface area contributed by atoms with Gasteiger partial charge in [0.25, 0.3) is 0 Å². The molecule has 0 aliphatic heterocycles. The second-order valence-corrected chi connectivity index (χ2v) is 4.40. The van der Waals surface area contributed by atoms with Crippen LogP contribution in [0.25, 0.3) is 11.3 Å². The van der Waals surface area contributed by atoms with Gasteiger partial charge in [-0.25, -0.2) is 0 Å². The maximum absolute atomic E-state index is 4.59. The van der Waals surface area contributed by atoms with E-state index in [0.29, 0.717) is 0 Å². The molecule has 0 radical (unpaired) electrons. The van der Waals surface area contributed by atoms with E-state index in [4.69, 9.17) is 0 Å². The van der Waals surface area contributed by atoms with Crippen LogP contribution in [0, 0.1) is 0 Å². The fraction of sp³-hybridized carbons (Fsp3) is 0. The first kappa shape index (κ1) is 12.3. The van der Waals surface area contributed by atoms with Gasteiger partial charge in [0, 0.05) is 18.0 Å². The predicted molar refractivity (Wildman–Crippen MR) is 83.4 cm³/mol. The van der Waals surface area contributed by atoms with Gasteiger partial charge in [-0.1, -0.05) is 54.6 Å². The molecule has 0 spiro atoms. The lowest BCUT2D eigenvalue weighted by Gasteiger charge is -2.04. The van der Waals surface area contributed by atoms with Gasteiger partial charge in [-0.2, -0.15) is 0 Å². The smallest absolute Gasteiger partial charge is 0.0723 e. The highest BCUT2D eigenvalue weighted by Gasteiger charge is 2.03. The highest BCUT2D eigenvalue weighted by atomic mass is 14.7. The Kier molecular flexibility index (Phi) is 3.65. The van der Waals surface area contributed by atoms with Crippen molar-refractivity contribution < 1.29 is 0 Å². The third kappa shape index (κ3) is 2.81. The zero-order valence-electron chi connectivity index (χ0n) is 11.0. The Balaban J connectivity index is 1.97. The minimum Gasteiger partial charge on any atom is -0.256 e. The summed E-state index contributed by atoms with van der Waals surface area (Å²) in [6.45, 7) is 0. The fourth-order valence-electron chi connectivity index (χ4n) is 2.01. The van der Waals surface area contributed by atoms with Gasteiger partial charge in [-0.15, -0.1) is 0 Å². The lowest BCUT2D eigenvalue weighted by atomic mass is 10.1. The monoisotopic (exact) mass is 258 g/mol. The maximum Gasteiger partial charge on any atom is 0.0723 e. The van der Waals surface area contributed by atoms with E-state index in [1.165, 1.54) is 0 Å². The molecule has 0 saturated heterocycles. The summed E-state index contributed by atoms with van der Waals surface area (Å²) in [6, 6.07) is 24.0. The number of benzene rings is 2. The van der Waals surface area contributed by atoms with Gasteiger partial charge in [0.2, 0.25) is 0 Å². The molecule has 2 aromatic carbocycles. The highest BCUT2D eigenvalue weighted by Crippen LogP contribution is 2.28. The summed E-state index contributed by atoms with van der Waals surface area (Å²) in [5, 5.41) is 0. The molecule has 0 amide bonds. The molecule has 0 atom stereocenters. The third-order valence-corrected chi connectivity index (χ3v) is 3.00. The standard InChI is InChI=1S/C18H14N2/c1-2-8-15(9-3-1)14-20-18-11-5-4-10-16(18)17-12-6-7-13-19-17/h1-14H. The summed E-state index contributed by atoms with van der Waals surface area (Å²) in [5.74, 6) is 0. The van der Waals surface area contributed by atoms with E-state index in [2.05, 4.69) is 9.98 Å². The normalized spacial score (nSPS) is 10.8. The quantitative estimate of drug-likeness (QED) is 0.635. The van der Waals surface area contributed by atoms with Gasteiger partial charge in [0.1, 0.15) is 0 Å². The molecule has 3 aromatic rings. The number of aromatic nitrogens is 1. The van der Waals surface area contributed by atoms with Gasteiger partial charge in [-0.05, 0) is 23.8 Å². The zero-order chi connectivity index (χ0) is 13.6. The second-order valence-electron chi connectivity index (χ2n) is 4.40. The minimum absolute atomic E-state index is 0.926. The van der Waals surface area contributed by atoms with E-state index in [1.807, 2.05) is 79.0 Å². The van der Waals surface area contributed by atoms with Crippen LogP contribution in [0.3, 0.4) is 0 Å². The predicted octanol–water partition coefficient (Wildman–Crippen LogP) is 4.50. The van der Waals surface area contributed by atoms with Gasteiger partial charge >= 0.3 is 0 Å². The Labute approximate surface area is 118 Å². The van der Waals surface area contributed by atoms with Crippen molar-refractivity contribution >= 4 is 11.9 Å². The SMILES string of the molecule is C(=Nc1ccccc1-c1ccccn1)c1ccccc1. The zero-order valence-corrected chi connectivity index (χ0v) is 11.0. The molecule has 1 heterocycles. The van der Waals surface area contributed by atoms with Crippen molar-refractivity contribution in [2.24, 2.45) is 4.99 Å². The first-order valence-corrected chi connectivity index (χ1v) is 6.53. The Morgan fingerprint density at radius 3 is 2.30 bits per heavy atom. The lowest BCUT2D eigenvalue weighted by molar-refractivity contribution is 1.32. The second kappa shape index (κ2) is 5.93. The Morgan fingerprint density at radius 2 is 1.50 bits per heavy atom. The van der Waals surface area contributed by atoms with Crippen molar-refractivity contribution in [2.75, 3.05) is 0 Å². The average molecular weight is 258 g/mol. The van der Waals surface area contributed by atoms with Crippen LogP contribution in [0.1, 0.15) is 5.56 Å². The molecule has 2 nitrogen and oxygen atoms in total. The van der Waals surface area contributed by atoms with E-state index in [9.17, 15) is 0 Å². The topological polar surface area (TPSA) is 25.2 Å². The summed E-state index contributed by atoms with van der Waals surface area (Å²) >= 11 is 0. The summed E-state index contributed by atoms with van der Waals surface area (Å²) in [5.41, 5.74) is 3.99. The van der Waals surface area contributed by atoms with Crippen molar-refractivity contribution in [1.82, 2.24) is 4.98 Å². The summed E-state index contributed by atoms with van der Waals surface area (Å²) in [7, 11) is 0. The third-order valence-electron chi connectivity index (χ3n) is 3.00. The van der Waals surface area contributed by atoms with Crippen LogP contribution in [0.5, 0.6) is 0 Å². The number of hydrogen-bond acceptors (Lipinski definition) is 2. The van der Waals surface area contributed by atoms with Gasteiger partial charge in [0.15, 0.2) is 0 Å². The van der Waals surface area contributed by atoms with Crippen LogP contribution in [0.2, 0.25) is 0 Å². The fourth-order valence-corrected chi connectivity index (χ4v) is 2.01. The van der Waals surface area contributed by atoms with Gasteiger partial charge < -0.3 is 0 Å². The minimum atomic E-state index is 0.926. The number of aliphatic imine (C=N–C) groups is 1. The molecule has 0 aliphatic carbocycles. The van der Waals surface area contributed by atoms with E-state index in [1.54, 1.807) is 6.20 Å².